The first-order valence-corrected chi connectivity index (χ1v) is 10.0. The van der Waals surface area contributed by atoms with Crippen molar-refractivity contribution in [2.24, 2.45) is 0 Å². The van der Waals surface area contributed by atoms with Gasteiger partial charge >= 0.3 is 0 Å². The minimum absolute atomic E-state index is 0.331. The van der Waals surface area contributed by atoms with Gasteiger partial charge in [-0.15, -0.1) is 0 Å². The van der Waals surface area contributed by atoms with E-state index >= 15 is 0 Å². The third-order valence-electron chi connectivity index (χ3n) is 5.19. The Balaban J connectivity index is 1.32. The van der Waals surface area contributed by atoms with E-state index in [0.717, 1.165) is 39.3 Å². The quantitative estimate of drug-likeness (QED) is 0.478. The molecule has 2 aromatic rings. The number of hydrogen-bond donors (Lipinski definition) is 3. The van der Waals surface area contributed by atoms with Gasteiger partial charge < -0.3 is 20.7 Å². The van der Waals surface area contributed by atoms with Gasteiger partial charge in [-0.05, 0) is 49.4 Å². The zero-order valence-corrected chi connectivity index (χ0v) is 16.5. The zero-order chi connectivity index (χ0) is 20.9. The molecule has 6 nitrogen and oxygen atoms in total. The number of nitrogens with zero attached hydrogens (tertiary/aromatic N) is 1. The molecule has 2 aromatic carbocycles. The molecule has 2 heterocycles. The number of carbonyl (C=O) groups excluding carboxylic acids is 1. The summed E-state index contributed by atoms with van der Waals surface area (Å²) in [6, 6.07) is 8.89. The number of carbonyl (C=O) groups is 1. The summed E-state index contributed by atoms with van der Waals surface area (Å²) in [6.07, 6.45) is 2.42. The van der Waals surface area contributed by atoms with Gasteiger partial charge in [-0.1, -0.05) is 0 Å². The van der Waals surface area contributed by atoms with Gasteiger partial charge in [0.05, 0.1) is 30.2 Å². The van der Waals surface area contributed by atoms with Gasteiger partial charge in [0.25, 0.3) is 5.91 Å². The summed E-state index contributed by atoms with van der Waals surface area (Å²) in [5, 5.41) is 8.69. The molecule has 0 spiro atoms. The third kappa shape index (κ3) is 4.77. The maximum absolute atomic E-state index is 14.4. The van der Waals surface area contributed by atoms with E-state index in [1.165, 1.54) is 24.4 Å². The monoisotopic (exact) mass is 414 g/mol. The Hall–Kier alpha value is -2.97. The Kier molecular flexibility index (Phi) is 6.25. The first kappa shape index (κ1) is 20.3. The Morgan fingerprint density at radius 2 is 1.97 bits per heavy atom. The molecule has 0 unspecified atom stereocenters. The number of nitrogens with one attached hydrogen (secondary N) is 3. The Morgan fingerprint density at radius 3 is 2.77 bits per heavy atom. The average Bonchev–Trinajstić information content (AvgIpc) is 3.05. The Labute approximate surface area is 173 Å². The molecule has 0 atom stereocenters. The second kappa shape index (κ2) is 9.23. The van der Waals surface area contributed by atoms with Crippen molar-refractivity contribution in [1.29, 1.82) is 0 Å². The number of halogens is 2. The SMILES string of the molecule is O=C1Nc2cc(F)ccc2C1=CNc1ccc(NCCCN2CCOCC2)c(F)c1. The van der Waals surface area contributed by atoms with Crippen molar-refractivity contribution in [2.45, 2.75) is 6.42 Å². The fourth-order valence-corrected chi connectivity index (χ4v) is 3.56. The number of morpholine rings is 1. The van der Waals surface area contributed by atoms with Crippen LogP contribution < -0.4 is 16.0 Å². The lowest BCUT2D eigenvalue weighted by Gasteiger charge is -2.26. The molecule has 2 aliphatic heterocycles. The molecule has 1 saturated heterocycles. The predicted octanol–water partition coefficient (Wildman–Crippen LogP) is 3.50. The molecule has 0 bridgehead atoms. The van der Waals surface area contributed by atoms with Gasteiger partial charge in [0.2, 0.25) is 0 Å². The van der Waals surface area contributed by atoms with E-state index in [1.54, 1.807) is 18.2 Å². The van der Waals surface area contributed by atoms with Gasteiger partial charge in [0.15, 0.2) is 0 Å². The topological polar surface area (TPSA) is 65.6 Å². The van der Waals surface area contributed by atoms with Crippen LogP contribution in [0, 0.1) is 11.6 Å². The number of benzene rings is 2. The van der Waals surface area contributed by atoms with Crippen LogP contribution in [0.3, 0.4) is 0 Å². The van der Waals surface area contributed by atoms with Crippen LogP contribution in [-0.4, -0.2) is 50.2 Å². The smallest absolute Gasteiger partial charge is 0.257 e. The van der Waals surface area contributed by atoms with Crippen LogP contribution in [0.1, 0.15) is 12.0 Å². The number of amides is 1. The fourth-order valence-electron chi connectivity index (χ4n) is 3.56. The molecule has 0 radical (unpaired) electrons. The molecule has 8 heteroatoms. The summed E-state index contributed by atoms with van der Waals surface area (Å²) in [5.74, 6) is -1.12. The number of fused-ring (bicyclic) bond motifs is 1. The van der Waals surface area contributed by atoms with Gasteiger partial charge in [-0.3, -0.25) is 9.69 Å². The summed E-state index contributed by atoms with van der Waals surface area (Å²) in [4.78, 5) is 14.5. The van der Waals surface area contributed by atoms with Crippen molar-refractivity contribution >= 4 is 28.5 Å². The van der Waals surface area contributed by atoms with Crippen molar-refractivity contribution < 1.29 is 18.3 Å². The van der Waals surface area contributed by atoms with Crippen LogP contribution in [0.25, 0.3) is 5.57 Å². The van der Waals surface area contributed by atoms with Gasteiger partial charge in [-0.25, -0.2) is 8.78 Å². The molecule has 0 saturated carbocycles. The summed E-state index contributed by atoms with van der Waals surface area (Å²) in [6.45, 7) is 5.08. The van der Waals surface area contributed by atoms with Crippen molar-refractivity contribution in [3.05, 3.63) is 59.8 Å². The average molecular weight is 414 g/mol. The van der Waals surface area contributed by atoms with E-state index in [0.29, 0.717) is 34.7 Å². The minimum Gasteiger partial charge on any atom is -0.383 e. The lowest BCUT2D eigenvalue weighted by molar-refractivity contribution is -0.110. The number of ether oxygens (including phenoxy) is 1. The van der Waals surface area contributed by atoms with Crippen LogP contribution in [0.5, 0.6) is 0 Å². The van der Waals surface area contributed by atoms with Crippen molar-refractivity contribution in [3.63, 3.8) is 0 Å². The Bertz CT molecular complexity index is 958. The lowest BCUT2D eigenvalue weighted by Crippen LogP contribution is -2.37. The first-order valence-electron chi connectivity index (χ1n) is 10.0. The second-order valence-electron chi connectivity index (χ2n) is 7.28. The molecule has 1 amide bonds. The second-order valence-corrected chi connectivity index (χ2v) is 7.28. The van der Waals surface area contributed by atoms with Crippen LogP contribution >= 0.6 is 0 Å². The summed E-state index contributed by atoms with van der Waals surface area (Å²) in [5.41, 5.74) is 2.36. The predicted molar refractivity (Wildman–Crippen MR) is 113 cm³/mol. The number of anilines is 3. The molecule has 2 aliphatic rings. The standard InChI is InChI=1S/C22H24F2N4O2/c23-15-2-4-17-18(22(29)27-21(17)12-15)14-26-16-3-5-20(19(24)13-16)25-6-1-7-28-8-10-30-11-9-28/h2-5,12-14,25-26H,1,6-11H2,(H,27,29). The summed E-state index contributed by atoms with van der Waals surface area (Å²) in [7, 11) is 0. The van der Waals surface area contributed by atoms with Crippen molar-refractivity contribution in [1.82, 2.24) is 4.90 Å². The van der Waals surface area contributed by atoms with E-state index in [1.807, 2.05) is 0 Å². The summed E-state index contributed by atoms with van der Waals surface area (Å²) >= 11 is 0. The highest BCUT2D eigenvalue weighted by Gasteiger charge is 2.24. The summed E-state index contributed by atoms with van der Waals surface area (Å²) < 4.78 is 33.1. The molecular weight excluding hydrogens is 390 g/mol. The zero-order valence-electron chi connectivity index (χ0n) is 16.5. The van der Waals surface area contributed by atoms with Gasteiger partial charge in [0, 0.05) is 37.1 Å². The van der Waals surface area contributed by atoms with E-state index in [2.05, 4.69) is 20.9 Å². The van der Waals surface area contributed by atoms with E-state index in [4.69, 9.17) is 4.74 Å². The molecule has 30 heavy (non-hydrogen) atoms. The lowest BCUT2D eigenvalue weighted by atomic mass is 10.1. The first-order chi connectivity index (χ1) is 14.6. The van der Waals surface area contributed by atoms with Crippen LogP contribution in [0.4, 0.5) is 25.8 Å². The van der Waals surface area contributed by atoms with Crippen LogP contribution in [-0.2, 0) is 9.53 Å². The minimum atomic E-state index is -0.418. The van der Waals surface area contributed by atoms with Crippen molar-refractivity contribution in [3.8, 4) is 0 Å². The molecule has 0 aliphatic carbocycles. The molecule has 1 fully saturated rings. The third-order valence-corrected chi connectivity index (χ3v) is 5.19. The maximum atomic E-state index is 14.4. The van der Waals surface area contributed by atoms with E-state index in [9.17, 15) is 13.6 Å². The fraction of sp³-hybridized carbons (Fsp3) is 0.318. The largest absolute Gasteiger partial charge is 0.383 e. The molecule has 4 rings (SSSR count). The molecule has 158 valence electrons. The molecular formula is C22H24F2N4O2. The van der Waals surface area contributed by atoms with Gasteiger partial charge in [0.1, 0.15) is 11.6 Å². The highest BCUT2D eigenvalue weighted by molar-refractivity contribution is 6.31. The van der Waals surface area contributed by atoms with Crippen LogP contribution in [0.2, 0.25) is 0 Å². The van der Waals surface area contributed by atoms with E-state index < -0.39 is 5.82 Å². The van der Waals surface area contributed by atoms with E-state index in [-0.39, 0.29) is 11.7 Å². The number of rotatable bonds is 7. The maximum Gasteiger partial charge on any atom is 0.257 e. The highest BCUT2D eigenvalue weighted by atomic mass is 19.1. The number of hydrogen-bond acceptors (Lipinski definition) is 5. The Morgan fingerprint density at radius 1 is 1.13 bits per heavy atom. The molecule has 3 N–H and O–H groups in total. The normalized spacial score (nSPS) is 17.7. The molecule has 0 aromatic heterocycles. The van der Waals surface area contributed by atoms with Gasteiger partial charge in [-0.2, -0.15) is 0 Å². The van der Waals surface area contributed by atoms with Crippen molar-refractivity contribution in [2.75, 3.05) is 55.3 Å². The highest BCUT2D eigenvalue weighted by Crippen LogP contribution is 2.32. The van der Waals surface area contributed by atoms with Crippen LogP contribution in [0.15, 0.2) is 42.6 Å².